The van der Waals surface area contributed by atoms with Crippen molar-refractivity contribution in [1.82, 2.24) is 10.2 Å². The van der Waals surface area contributed by atoms with Gasteiger partial charge in [0.05, 0.1) is 16.6 Å². The number of halogens is 1. The van der Waals surface area contributed by atoms with E-state index in [0.29, 0.717) is 35.7 Å². The fourth-order valence-corrected chi connectivity index (χ4v) is 4.40. The maximum atomic E-state index is 13.7. The predicted molar refractivity (Wildman–Crippen MR) is 129 cm³/mol. The van der Waals surface area contributed by atoms with Crippen LogP contribution >= 0.6 is 11.6 Å². The van der Waals surface area contributed by atoms with Crippen LogP contribution in [0.2, 0.25) is 5.02 Å². The Morgan fingerprint density at radius 2 is 1.79 bits per heavy atom. The van der Waals surface area contributed by atoms with Crippen molar-refractivity contribution >= 4 is 23.4 Å². The maximum Gasteiger partial charge on any atom is 0.258 e. The molecule has 1 N–H and O–H groups in total. The molecule has 3 rings (SSSR count). The molecule has 0 aromatic heterocycles. The van der Waals surface area contributed by atoms with Gasteiger partial charge in [-0.05, 0) is 49.9 Å². The number of carbonyl (C=O) groups excluding carboxylic acids is 2. The van der Waals surface area contributed by atoms with Crippen LogP contribution < -0.4 is 14.8 Å². The molecule has 1 saturated heterocycles. The van der Waals surface area contributed by atoms with Gasteiger partial charge in [-0.2, -0.15) is 0 Å². The third-order valence-electron chi connectivity index (χ3n) is 5.76. The lowest BCUT2D eigenvalue weighted by molar-refractivity contribution is 0.0448. The number of nitrogens with zero attached hydrogens (tertiary/aromatic N) is 1. The molecule has 1 fully saturated rings. The first kappa shape index (κ1) is 25.8. The van der Waals surface area contributed by atoms with Crippen LogP contribution in [0.4, 0.5) is 0 Å². The SMILES string of the molecule is CCNC(=O)c1cccc(C2CCCN2C(=O)c2cc(Cl)c(OCOC)cc2OCOC)c1C. The van der Waals surface area contributed by atoms with E-state index in [-0.39, 0.29) is 36.5 Å². The van der Waals surface area contributed by atoms with E-state index in [1.165, 1.54) is 14.2 Å². The molecule has 1 heterocycles. The summed E-state index contributed by atoms with van der Waals surface area (Å²) in [4.78, 5) is 28.0. The van der Waals surface area contributed by atoms with Crippen LogP contribution in [-0.2, 0) is 9.47 Å². The maximum absolute atomic E-state index is 13.7. The van der Waals surface area contributed by atoms with Crippen LogP contribution in [0.1, 0.15) is 57.7 Å². The minimum Gasteiger partial charge on any atom is -0.467 e. The lowest BCUT2D eigenvalue weighted by Gasteiger charge is -2.28. The van der Waals surface area contributed by atoms with Gasteiger partial charge in [0.1, 0.15) is 11.5 Å². The minimum absolute atomic E-state index is 0.00611. The molecule has 0 spiro atoms. The Hall–Kier alpha value is -2.81. The van der Waals surface area contributed by atoms with Gasteiger partial charge in [0, 0.05) is 38.9 Å². The summed E-state index contributed by atoms with van der Waals surface area (Å²) in [6.07, 6.45) is 1.64. The standard InChI is InChI=1S/C25H31ClN2O6/c1-5-27-24(29)18-9-6-8-17(16(18)2)21-10-7-11-28(21)25(30)19-12-20(26)23(34-15-32-4)13-22(19)33-14-31-3/h6,8-9,12-13,21H,5,7,10-11,14-15H2,1-4H3,(H,27,29). The summed E-state index contributed by atoms with van der Waals surface area (Å²) in [6.45, 7) is 4.90. The normalized spacial score (nSPS) is 15.3. The van der Waals surface area contributed by atoms with Crippen LogP contribution in [0.3, 0.4) is 0 Å². The molecule has 9 heteroatoms. The number of ether oxygens (including phenoxy) is 4. The zero-order valence-corrected chi connectivity index (χ0v) is 20.7. The van der Waals surface area contributed by atoms with Crippen molar-refractivity contribution in [2.45, 2.75) is 32.7 Å². The first-order valence-electron chi connectivity index (χ1n) is 11.2. The number of benzene rings is 2. The Kier molecular flexibility index (Phi) is 9.15. The fraction of sp³-hybridized carbons (Fsp3) is 0.440. The molecule has 34 heavy (non-hydrogen) atoms. The second kappa shape index (κ2) is 12.1. The largest absolute Gasteiger partial charge is 0.467 e. The van der Waals surface area contributed by atoms with Crippen LogP contribution in [0.15, 0.2) is 30.3 Å². The summed E-state index contributed by atoms with van der Waals surface area (Å²) in [5.41, 5.74) is 2.76. The van der Waals surface area contributed by atoms with Gasteiger partial charge in [-0.3, -0.25) is 9.59 Å². The summed E-state index contributed by atoms with van der Waals surface area (Å²) in [5.74, 6) is 0.318. The van der Waals surface area contributed by atoms with E-state index >= 15 is 0 Å². The van der Waals surface area contributed by atoms with Crippen molar-refractivity contribution in [1.29, 1.82) is 0 Å². The van der Waals surface area contributed by atoms with E-state index in [0.717, 1.165) is 24.0 Å². The first-order valence-corrected chi connectivity index (χ1v) is 11.6. The molecule has 1 unspecified atom stereocenters. The molecular weight excluding hydrogens is 460 g/mol. The van der Waals surface area contributed by atoms with E-state index < -0.39 is 0 Å². The van der Waals surface area contributed by atoms with Crippen molar-refractivity contribution in [3.8, 4) is 11.5 Å². The molecule has 1 aliphatic rings. The van der Waals surface area contributed by atoms with Crippen molar-refractivity contribution in [2.24, 2.45) is 0 Å². The van der Waals surface area contributed by atoms with Crippen molar-refractivity contribution in [2.75, 3.05) is 40.9 Å². The Bertz CT molecular complexity index is 1030. The van der Waals surface area contributed by atoms with Crippen molar-refractivity contribution in [3.05, 3.63) is 57.6 Å². The molecule has 184 valence electrons. The molecule has 2 amide bonds. The smallest absolute Gasteiger partial charge is 0.258 e. The van der Waals surface area contributed by atoms with Gasteiger partial charge in [-0.15, -0.1) is 0 Å². The molecule has 8 nitrogen and oxygen atoms in total. The number of hydrogen-bond acceptors (Lipinski definition) is 6. The van der Waals surface area contributed by atoms with E-state index in [4.69, 9.17) is 30.5 Å². The third kappa shape index (κ3) is 5.63. The highest BCUT2D eigenvalue weighted by atomic mass is 35.5. The van der Waals surface area contributed by atoms with Crippen LogP contribution in [0.5, 0.6) is 11.5 Å². The van der Waals surface area contributed by atoms with Crippen LogP contribution in [0.25, 0.3) is 0 Å². The van der Waals surface area contributed by atoms with E-state index in [1.54, 1.807) is 18.2 Å². The number of amides is 2. The van der Waals surface area contributed by atoms with Crippen LogP contribution in [0, 0.1) is 6.92 Å². The summed E-state index contributed by atoms with van der Waals surface area (Å²) in [6, 6.07) is 8.60. The average molecular weight is 491 g/mol. The van der Waals surface area contributed by atoms with Gasteiger partial charge in [-0.1, -0.05) is 23.7 Å². The summed E-state index contributed by atoms with van der Waals surface area (Å²) in [7, 11) is 3.01. The summed E-state index contributed by atoms with van der Waals surface area (Å²) in [5, 5.41) is 3.12. The minimum atomic E-state index is -0.211. The van der Waals surface area contributed by atoms with Gasteiger partial charge >= 0.3 is 0 Å². The lowest BCUT2D eigenvalue weighted by Crippen LogP contribution is -2.32. The Labute approximate surface area is 205 Å². The average Bonchev–Trinajstić information content (AvgIpc) is 3.31. The quantitative estimate of drug-likeness (QED) is 0.498. The zero-order chi connectivity index (χ0) is 24.7. The van der Waals surface area contributed by atoms with E-state index in [2.05, 4.69) is 5.32 Å². The molecular formula is C25H31ClN2O6. The highest BCUT2D eigenvalue weighted by Gasteiger charge is 2.34. The lowest BCUT2D eigenvalue weighted by atomic mass is 9.94. The number of nitrogens with one attached hydrogen (secondary N) is 1. The number of hydrogen-bond donors (Lipinski definition) is 1. The Morgan fingerprint density at radius 3 is 2.47 bits per heavy atom. The highest BCUT2D eigenvalue weighted by molar-refractivity contribution is 6.32. The summed E-state index contributed by atoms with van der Waals surface area (Å²) < 4.78 is 21.2. The van der Waals surface area contributed by atoms with E-state index in [9.17, 15) is 9.59 Å². The number of rotatable bonds is 10. The Morgan fingerprint density at radius 1 is 1.09 bits per heavy atom. The van der Waals surface area contributed by atoms with Gasteiger partial charge in [0.25, 0.3) is 11.8 Å². The fourth-order valence-electron chi connectivity index (χ4n) is 4.18. The molecule has 0 aliphatic carbocycles. The number of likely N-dealkylation sites (tertiary alicyclic amines) is 1. The molecule has 0 saturated carbocycles. The van der Waals surface area contributed by atoms with E-state index in [1.807, 2.05) is 30.9 Å². The monoisotopic (exact) mass is 490 g/mol. The summed E-state index contributed by atoms with van der Waals surface area (Å²) >= 11 is 6.40. The number of carbonyl (C=O) groups is 2. The van der Waals surface area contributed by atoms with Gasteiger partial charge in [0.15, 0.2) is 13.6 Å². The molecule has 2 aromatic carbocycles. The second-order valence-electron chi connectivity index (χ2n) is 7.92. The molecule has 2 aromatic rings. The van der Waals surface area contributed by atoms with Gasteiger partial charge in [0.2, 0.25) is 0 Å². The topological polar surface area (TPSA) is 86.3 Å². The van der Waals surface area contributed by atoms with Gasteiger partial charge < -0.3 is 29.2 Å². The Balaban J connectivity index is 1.96. The number of methoxy groups -OCH3 is 2. The zero-order valence-electron chi connectivity index (χ0n) is 20.0. The second-order valence-corrected chi connectivity index (χ2v) is 8.32. The van der Waals surface area contributed by atoms with Crippen LogP contribution in [-0.4, -0.2) is 57.6 Å². The molecule has 0 bridgehead atoms. The molecule has 1 aliphatic heterocycles. The third-order valence-corrected chi connectivity index (χ3v) is 6.05. The molecule has 1 atom stereocenters. The molecule has 0 radical (unpaired) electrons. The predicted octanol–water partition coefficient (Wildman–Crippen LogP) is 4.34. The first-order chi connectivity index (χ1) is 16.4. The van der Waals surface area contributed by atoms with Crippen molar-refractivity contribution in [3.63, 3.8) is 0 Å². The van der Waals surface area contributed by atoms with Crippen molar-refractivity contribution < 1.29 is 28.5 Å². The highest BCUT2D eigenvalue weighted by Crippen LogP contribution is 2.39. The van der Waals surface area contributed by atoms with Gasteiger partial charge in [-0.25, -0.2) is 0 Å².